The van der Waals surface area contributed by atoms with Crippen LogP contribution in [0.15, 0.2) is 36.4 Å². The lowest BCUT2D eigenvalue weighted by Crippen LogP contribution is -2.33. The van der Waals surface area contributed by atoms with Crippen LogP contribution in [0.25, 0.3) is 0 Å². The zero-order valence-corrected chi connectivity index (χ0v) is 10.2. The highest BCUT2D eigenvalue weighted by atomic mass is 16.6. The average Bonchev–Trinajstić information content (AvgIpc) is 2.86. The Labute approximate surface area is 109 Å². The van der Waals surface area contributed by atoms with Gasteiger partial charge in [-0.05, 0) is 12.5 Å². The number of para-hydroxylation sites is 1. The fourth-order valence-electron chi connectivity index (χ4n) is 2.09. The van der Waals surface area contributed by atoms with Crippen molar-refractivity contribution in [2.45, 2.75) is 12.5 Å². The second-order valence-corrected chi connectivity index (χ2v) is 4.42. The van der Waals surface area contributed by atoms with Gasteiger partial charge in [0, 0.05) is 24.6 Å². The molecule has 0 aliphatic heterocycles. The summed E-state index contributed by atoms with van der Waals surface area (Å²) in [5.74, 6) is -0.434. The molecule has 19 heavy (non-hydrogen) atoms. The first kappa shape index (κ1) is 13.2. The first-order valence-corrected chi connectivity index (χ1v) is 5.95. The summed E-state index contributed by atoms with van der Waals surface area (Å²) in [7, 11) is 0. The van der Waals surface area contributed by atoms with Crippen LogP contribution in [0.3, 0.4) is 0 Å². The Kier molecular flexibility index (Phi) is 3.91. The van der Waals surface area contributed by atoms with E-state index in [9.17, 15) is 14.9 Å². The summed E-state index contributed by atoms with van der Waals surface area (Å²) in [6.45, 7) is 0.0361. The molecular weight excluding hydrogens is 248 g/mol. The van der Waals surface area contributed by atoms with E-state index in [1.807, 2.05) is 6.08 Å². The highest BCUT2D eigenvalue weighted by Gasteiger charge is 2.24. The molecular formula is C13H14N2O4. The number of hydrogen-bond acceptors (Lipinski definition) is 4. The second kappa shape index (κ2) is 5.62. The van der Waals surface area contributed by atoms with Crippen LogP contribution in [0.5, 0.6) is 0 Å². The highest BCUT2D eigenvalue weighted by Crippen LogP contribution is 2.20. The molecule has 6 heteroatoms. The molecule has 1 aromatic carbocycles. The van der Waals surface area contributed by atoms with E-state index < -0.39 is 10.8 Å². The average molecular weight is 262 g/mol. The topological polar surface area (TPSA) is 92.5 Å². The zero-order valence-electron chi connectivity index (χ0n) is 10.2. The zero-order chi connectivity index (χ0) is 13.8. The van der Waals surface area contributed by atoms with Crippen molar-refractivity contribution in [2.24, 2.45) is 5.92 Å². The fraction of sp³-hybridized carbons (Fsp3) is 0.308. The van der Waals surface area contributed by atoms with Crippen LogP contribution >= 0.6 is 0 Å². The highest BCUT2D eigenvalue weighted by molar-refractivity contribution is 5.98. The van der Waals surface area contributed by atoms with Crippen LogP contribution in [0.1, 0.15) is 16.8 Å². The number of amides is 1. The first-order valence-electron chi connectivity index (χ1n) is 5.95. The molecule has 2 N–H and O–H groups in total. The van der Waals surface area contributed by atoms with Crippen LogP contribution in [-0.2, 0) is 0 Å². The molecule has 0 saturated carbocycles. The number of nitro groups is 1. The molecule has 0 aromatic heterocycles. The maximum absolute atomic E-state index is 12.0. The van der Waals surface area contributed by atoms with Crippen molar-refractivity contribution in [1.82, 2.24) is 5.32 Å². The molecule has 0 fully saturated rings. The molecule has 100 valence electrons. The lowest BCUT2D eigenvalue weighted by Gasteiger charge is -2.12. The standard InChI is InChI=1S/C13H14N2O4/c16-8-9-5-6-10(7-9)14-13(17)11-3-1-2-4-12(11)15(18)19/h1-6,9-10,16H,7-8H2,(H,14,17)/t9-,10+/m0/s1. The van der Waals surface area contributed by atoms with Crippen molar-refractivity contribution in [3.05, 3.63) is 52.1 Å². The minimum atomic E-state index is -0.573. The quantitative estimate of drug-likeness (QED) is 0.485. The molecule has 1 amide bonds. The van der Waals surface area contributed by atoms with Crippen LogP contribution in [0.2, 0.25) is 0 Å². The smallest absolute Gasteiger partial charge is 0.282 e. The Morgan fingerprint density at radius 2 is 2.16 bits per heavy atom. The van der Waals surface area contributed by atoms with Crippen molar-refractivity contribution in [2.75, 3.05) is 6.61 Å². The Hall–Kier alpha value is -2.21. The molecule has 0 radical (unpaired) electrons. The maximum Gasteiger partial charge on any atom is 0.282 e. The lowest BCUT2D eigenvalue weighted by molar-refractivity contribution is -0.385. The summed E-state index contributed by atoms with van der Waals surface area (Å²) in [6, 6.07) is 5.64. The Balaban J connectivity index is 2.09. The fourth-order valence-corrected chi connectivity index (χ4v) is 2.09. The summed E-state index contributed by atoms with van der Waals surface area (Å²) in [6.07, 6.45) is 4.25. The van der Waals surface area contributed by atoms with Crippen LogP contribution in [0, 0.1) is 16.0 Å². The van der Waals surface area contributed by atoms with E-state index in [-0.39, 0.29) is 29.8 Å². The van der Waals surface area contributed by atoms with Crippen LogP contribution < -0.4 is 5.32 Å². The van der Waals surface area contributed by atoms with Crippen LogP contribution in [-0.4, -0.2) is 28.6 Å². The number of nitrogens with zero attached hydrogens (tertiary/aromatic N) is 1. The molecule has 1 aliphatic carbocycles. The molecule has 6 nitrogen and oxygen atoms in total. The number of rotatable bonds is 4. The lowest BCUT2D eigenvalue weighted by atomic mass is 10.1. The number of nitrogens with one attached hydrogen (secondary N) is 1. The molecule has 0 unspecified atom stereocenters. The number of aliphatic hydroxyl groups excluding tert-OH is 1. The summed E-state index contributed by atoms with van der Waals surface area (Å²) >= 11 is 0. The summed E-state index contributed by atoms with van der Waals surface area (Å²) in [5.41, 5.74) is -0.158. The molecule has 0 saturated heterocycles. The maximum atomic E-state index is 12.0. The monoisotopic (exact) mass is 262 g/mol. The first-order chi connectivity index (χ1) is 9.11. The van der Waals surface area contributed by atoms with E-state index in [4.69, 9.17) is 5.11 Å². The van der Waals surface area contributed by atoms with Gasteiger partial charge in [0.15, 0.2) is 0 Å². The minimum Gasteiger partial charge on any atom is -0.396 e. The van der Waals surface area contributed by atoms with Crippen molar-refractivity contribution in [1.29, 1.82) is 0 Å². The van der Waals surface area contributed by atoms with E-state index >= 15 is 0 Å². The van der Waals surface area contributed by atoms with Crippen LogP contribution in [0.4, 0.5) is 5.69 Å². The SMILES string of the molecule is O=C(N[C@@H]1C=C[C@H](CO)C1)c1ccccc1[N+](=O)[O-]. The third kappa shape index (κ3) is 2.97. The van der Waals surface area contributed by atoms with E-state index in [0.717, 1.165) is 0 Å². The van der Waals surface area contributed by atoms with Gasteiger partial charge in [-0.1, -0.05) is 24.3 Å². The van der Waals surface area contributed by atoms with E-state index in [2.05, 4.69) is 5.32 Å². The van der Waals surface area contributed by atoms with Gasteiger partial charge >= 0.3 is 0 Å². The molecule has 0 heterocycles. The van der Waals surface area contributed by atoms with Gasteiger partial charge < -0.3 is 10.4 Å². The van der Waals surface area contributed by atoms with Gasteiger partial charge in [0.05, 0.1) is 4.92 Å². The molecule has 1 aliphatic rings. The predicted molar refractivity (Wildman–Crippen MR) is 68.7 cm³/mol. The number of carbonyl (C=O) groups is 1. The second-order valence-electron chi connectivity index (χ2n) is 4.42. The van der Waals surface area contributed by atoms with Gasteiger partial charge in [-0.25, -0.2) is 0 Å². The van der Waals surface area contributed by atoms with Gasteiger partial charge in [0.1, 0.15) is 5.56 Å². The Morgan fingerprint density at radius 3 is 2.79 bits per heavy atom. The Morgan fingerprint density at radius 1 is 1.42 bits per heavy atom. The summed E-state index contributed by atoms with van der Waals surface area (Å²) in [5, 5.41) is 22.6. The molecule has 0 spiro atoms. The summed E-state index contributed by atoms with van der Waals surface area (Å²) in [4.78, 5) is 22.3. The number of carbonyl (C=O) groups excluding carboxylic acids is 1. The van der Waals surface area contributed by atoms with E-state index in [0.29, 0.717) is 6.42 Å². The van der Waals surface area contributed by atoms with Gasteiger partial charge in [-0.15, -0.1) is 0 Å². The van der Waals surface area contributed by atoms with Crippen molar-refractivity contribution < 1.29 is 14.8 Å². The van der Waals surface area contributed by atoms with E-state index in [1.165, 1.54) is 18.2 Å². The van der Waals surface area contributed by atoms with Crippen molar-refractivity contribution >= 4 is 11.6 Å². The predicted octanol–water partition coefficient (Wildman–Crippen LogP) is 1.26. The molecule has 2 rings (SSSR count). The number of nitro benzene ring substituents is 1. The number of aliphatic hydroxyl groups is 1. The summed E-state index contributed by atoms with van der Waals surface area (Å²) < 4.78 is 0. The molecule has 1 aromatic rings. The van der Waals surface area contributed by atoms with Gasteiger partial charge in [0.25, 0.3) is 11.6 Å². The van der Waals surface area contributed by atoms with Crippen molar-refractivity contribution in [3.63, 3.8) is 0 Å². The Bertz CT molecular complexity index is 527. The van der Waals surface area contributed by atoms with Crippen molar-refractivity contribution in [3.8, 4) is 0 Å². The third-order valence-corrected chi connectivity index (χ3v) is 3.07. The molecule has 2 atom stereocenters. The number of hydrogen-bond donors (Lipinski definition) is 2. The van der Waals surface area contributed by atoms with Gasteiger partial charge in [0.2, 0.25) is 0 Å². The number of benzene rings is 1. The third-order valence-electron chi connectivity index (χ3n) is 3.07. The van der Waals surface area contributed by atoms with E-state index in [1.54, 1.807) is 12.1 Å². The van der Waals surface area contributed by atoms with Gasteiger partial charge in [-0.3, -0.25) is 14.9 Å². The minimum absolute atomic E-state index is 0.0361. The largest absolute Gasteiger partial charge is 0.396 e. The normalized spacial score (nSPS) is 21.3. The molecule has 0 bridgehead atoms. The van der Waals surface area contributed by atoms with Gasteiger partial charge in [-0.2, -0.15) is 0 Å².